The number of ketones is 1. The molecule has 0 aliphatic carbocycles. The Hall–Kier alpha value is -2.07. The topological polar surface area (TPSA) is 78.0 Å². The van der Waals surface area contributed by atoms with Crippen LogP contribution in [0.4, 0.5) is 4.79 Å². The predicted octanol–water partition coefficient (Wildman–Crippen LogP) is 7.89. The second-order valence-corrected chi connectivity index (χ2v) is 19.1. The van der Waals surface area contributed by atoms with E-state index < -0.39 is 20.0 Å². The lowest BCUT2D eigenvalue weighted by Gasteiger charge is -2.36. The average Bonchev–Trinajstić information content (AvgIpc) is 3.25. The first-order valence-corrected chi connectivity index (χ1v) is 17.9. The van der Waals surface area contributed by atoms with E-state index in [-0.39, 0.29) is 29.2 Å². The third kappa shape index (κ3) is 10.4. The molecular formula is C31H50N2O5SSi. The van der Waals surface area contributed by atoms with Gasteiger partial charge < -0.3 is 18.8 Å². The Bertz CT molecular complexity index is 1100. The van der Waals surface area contributed by atoms with E-state index in [1.54, 1.807) is 11.9 Å². The van der Waals surface area contributed by atoms with Crippen molar-refractivity contribution in [1.29, 1.82) is 0 Å². The maximum absolute atomic E-state index is 13.5. The van der Waals surface area contributed by atoms with Crippen LogP contribution >= 0.6 is 11.3 Å². The minimum atomic E-state index is -2.01. The lowest BCUT2D eigenvalue weighted by molar-refractivity contribution is 0.0173. The van der Waals surface area contributed by atoms with Crippen LogP contribution in [0.15, 0.2) is 30.3 Å². The molecular weight excluding hydrogens is 541 g/mol. The quantitative estimate of drug-likeness (QED) is 0.134. The fourth-order valence-corrected chi connectivity index (χ4v) is 5.70. The number of amides is 1. The highest BCUT2D eigenvalue weighted by molar-refractivity contribution is 7.13. The van der Waals surface area contributed by atoms with Crippen LogP contribution in [-0.2, 0) is 33.5 Å². The van der Waals surface area contributed by atoms with E-state index >= 15 is 0 Å². The van der Waals surface area contributed by atoms with Gasteiger partial charge in [0.1, 0.15) is 5.60 Å². The molecule has 0 fully saturated rings. The fraction of sp³-hybridized carbons (Fsp3) is 0.645. The summed E-state index contributed by atoms with van der Waals surface area (Å²) in [6.45, 7) is 22.0. The minimum absolute atomic E-state index is 0.0636. The van der Waals surface area contributed by atoms with Gasteiger partial charge in [0, 0.05) is 30.8 Å². The molecule has 0 aliphatic heterocycles. The first-order valence-electron chi connectivity index (χ1n) is 14.1. The Balaban J connectivity index is 2.20. The number of aromatic nitrogens is 1. The largest absolute Gasteiger partial charge is 0.444 e. The lowest BCUT2D eigenvalue weighted by atomic mass is 9.97. The number of rotatable bonds is 13. The number of Topliss-reactive ketones (excluding diaryl/α,β-unsaturated/α-hetero) is 1. The summed E-state index contributed by atoms with van der Waals surface area (Å²) in [5, 5.41) is 0.521. The second-order valence-electron chi connectivity index (χ2n) is 13.3. The highest BCUT2D eigenvalue weighted by Gasteiger charge is 2.37. The smallest absolute Gasteiger partial charge is 0.410 e. The molecule has 0 unspecified atom stereocenters. The molecule has 224 valence electrons. The number of ether oxygens (including phenoxy) is 2. The molecule has 1 aromatic heterocycles. The van der Waals surface area contributed by atoms with Gasteiger partial charge in [0.25, 0.3) is 0 Å². The van der Waals surface area contributed by atoms with E-state index in [0.717, 1.165) is 16.1 Å². The van der Waals surface area contributed by atoms with E-state index in [0.29, 0.717) is 31.2 Å². The van der Waals surface area contributed by atoms with Crippen LogP contribution in [0, 0.1) is 5.92 Å². The van der Waals surface area contributed by atoms with E-state index in [1.165, 1.54) is 11.3 Å². The van der Waals surface area contributed by atoms with Crippen LogP contribution in [0.5, 0.6) is 0 Å². The van der Waals surface area contributed by atoms with Crippen LogP contribution in [0.1, 0.15) is 87.7 Å². The van der Waals surface area contributed by atoms with Gasteiger partial charge in [-0.1, -0.05) is 65.0 Å². The maximum atomic E-state index is 13.5. The summed E-state index contributed by atoms with van der Waals surface area (Å²) in [4.78, 5) is 33.6. The van der Waals surface area contributed by atoms with Crippen molar-refractivity contribution in [3.05, 3.63) is 51.5 Å². The summed E-state index contributed by atoms with van der Waals surface area (Å²) in [5.74, 6) is -0.0159. The van der Waals surface area contributed by atoms with Gasteiger partial charge in [-0.05, 0) is 50.4 Å². The minimum Gasteiger partial charge on any atom is -0.444 e. The van der Waals surface area contributed by atoms with E-state index in [1.807, 2.05) is 65.0 Å². The van der Waals surface area contributed by atoms with E-state index in [2.05, 4.69) is 33.9 Å². The first kappa shape index (κ1) is 34.1. The zero-order chi connectivity index (χ0) is 30.3. The fourth-order valence-electron chi connectivity index (χ4n) is 3.77. The van der Waals surface area contributed by atoms with Gasteiger partial charge in [-0.15, -0.1) is 11.3 Å². The standard InChI is InChI=1S/C31H50N2O5SSi/c1-22(2)25(33(9)29(35)38-30(3,4)5)19-26(34)28-32-24(21-37-40(10,11)31(6,7)8)27(39-28)17-18-36-20-23-15-13-12-14-16-23/h12-16,22,25H,17-21H2,1-11H3/t25-/m1/s1. The zero-order valence-electron chi connectivity index (χ0n) is 26.4. The van der Waals surface area contributed by atoms with Gasteiger partial charge in [-0.3, -0.25) is 4.79 Å². The number of thiazole rings is 1. The summed E-state index contributed by atoms with van der Waals surface area (Å²) in [5.41, 5.74) is 1.32. The molecule has 0 spiro atoms. The molecule has 0 aliphatic rings. The molecule has 9 heteroatoms. The zero-order valence-corrected chi connectivity index (χ0v) is 28.2. The summed E-state index contributed by atoms with van der Waals surface area (Å²) < 4.78 is 18.0. The molecule has 2 rings (SSSR count). The highest BCUT2D eigenvalue weighted by atomic mass is 32.1. The molecule has 0 N–H and O–H groups in total. The molecule has 1 atom stereocenters. The van der Waals surface area contributed by atoms with Gasteiger partial charge in [-0.25, -0.2) is 9.78 Å². The number of benzene rings is 1. The van der Waals surface area contributed by atoms with Crippen molar-refractivity contribution in [2.45, 2.75) is 111 Å². The van der Waals surface area contributed by atoms with Crippen LogP contribution < -0.4 is 0 Å². The first-order chi connectivity index (χ1) is 18.4. The van der Waals surface area contributed by atoms with Gasteiger partial charge in [-0.2, -0.15) is 0 Å². The Morgan fingerprint density at radius 2 is 1.65 bits per heavy atom. The number of nitrogens with zero attached hydrogens (tertiary/aromatic N) is 2. The van der Waals surface area contributed by atoms with Crippen molar-refractivity contribution in [1.82, 2.24) is 9.88 Å². The van der Waals surface area contributed by atoms with Crippen molar-refractivity contribution in [2.24, 2.45) is 5.92 Å². The van der Waals surface area contributed by atoms with Crippen LogP contribution in [0.3, 0.4) is 0 Å². The monoisotopic (exact) mass is 590 g/mol. The van der Waals surface area contributed by atoms with E-state index in [4.69, 9.17) is 18.9 Å². The van der Waals surface area contributed by atoms with Gasteiger partial charge in [0.05, 0.1) is 25.5 Å². The van der Waals surface area contributed by atoms with Crippen molar-refractivity contribution in [3.63, 3.8) is 0 Å². The average molecular weight is 591 g/mol. The van der Waals surface area contributed by atoms with Crippen molar-refractivity contribution in [3.8, 4) is 0 Å². The van der Waals surface area contributed by atoms with Gasteiger partial charge >= 0.3 is 6.09 Å². The maximum Gasteiger partial charge on any atom is 0.410 e. The summed E-state index contributed by atoms with van der Waals surface area (Å²) >= 11 is 1.42. The third-order valence-electron chi connectivity index (χ3n) is 7.32. The summed E-state index contributed by atoms with van der Waals surface area (Å²) in [6.07, 6.45) is 0.394. The van der Waals surface area contributed by atoms with E-state index in [9.17, 15) is 9.59 Å². The molecule has 0 bridgehead atoms. The van der Waals surface area contributed by atoms with Crippen LogP contribution in [0.25, 0.3) is 0 Å². The Kier molecular flexibility index (Phi) is 12.1. The highest BCUT2D eigenvalue weighted by Crippen LogP contribution is 2.37. The molecule has 0 saturated carbocycles. The Labute approximate surface area is 246 Å². The molecule has 1 aromatic carbocycles. The SMILES string of the molecule is CC(C)[C@@H](CC(=O)c1nc(CO[Si](C)(C)C(C)(C)C)c(CCOCc2ccccc2)s1)N(C)C(=O)OC(C)(C)C. The Morgan fingerprint density at radius 3 is 2.20 bits per heavy atom. The van der Waals surface area contributed by atoms with Crippen molar-refractivity contribution >= 4 is 31.5 Å². The van der Waals surface area contributed by atoms with Gasteiger partial charge in [0.15, 0.2) is 19.1 Å². The molecule has 40 heavy (non-hydrogen) atoms. The summed E-state index contributed by atoms with van der Waals surface area (Å²) in [6, 6.07) is 9.77. The van der Waals surface area contributed by atoms with Crippen molar-refractivity contribution in [2.75, 3.05) is 13.7 Å². The number of carbonyl (C=O) groups excluding carboxylic acids is 2. The lowest BCUT2D eigenvalue weighted by Crippen LogP contribution is -2.44. The molecule has 0 saturated heterocycles. The molecule has 1 heterocycles. The summed E-state index contributed by atoms with van der Waals surface area (Å²) in [7, 11) is -0.313. The van der Waals surface area contributed by atoms with Crippen LogP contribution in [0.2, 0.25) is 18.1 Å². The predicted molar refractivity (Wildman–Crippen MR) is 165 cm³/mol. The molecule has 1 amide bonds. The van der Waals surface area contributed by atoms with Crippen LogP contribution in [-0.4, -0.2) is 55.4 Å². The normalized spacial score (nSPS) is 13.4. The van der Waals surface area contributed by atoms with Gasteiger partial charge in [0.2, 0.25) is 0 Å². The number of carbonyl (C=O) groups is 2. The Morgan fingerprint density at radius 1 is 1.02 bits per heavy atom. The molecule has 0 radical (unpaired) electrons. The molecule has 7 nitrogen and oxygen atoms in total. The third-order valence-corrected chi connectivity index (χ3v) is 13.0. The second kappa shape index (κ2) is 14.2. The molecule has 2 aromatic rings. The van der Waals surface area contributed by atoms with Crippen molar-refractivity contribution < 1.29 is 23.5 Å². The number of hydrogen-bond acceptors (Lipinski definition) is 7. The number of hydrogen-bond donors (Lipinski definition) is 0.